The molecule has 0 saturated carbocycles. The predicted octanol–water partition coefficient (Wildman–Crippen LogP) is 14.3. The number of anilines is 3. The molecular weight excluding hydrogens is 627 g/mol. The van der Waals surface area contributed by atoms with Gasteiger partial charge in [-0.3, -0.25) is 0 Å². The van der Waals surface area contributed by atoms with Crippen LogP contribution in [0.1, 0.15) is 76.6 Å². The van der Waals surface area contributed by atoms with Crippen molar-refractivity contribution in [2.24, 2.45) is 0 Å². The van der Waals surface area contributed by atoms with Crippen LogP contribution >= 0.6 is 0 Å². The Morgan fingerprint density at radius 2 is 1.02 bits per heavy atom. The summed E-state index contributed by atoms with van der Waals surface area (Å²) < 4.78 is 0. The van der Waals surface area contributed by atoms with Crippen LogP contribution in [-0.4, -0.2) is 0 Å². The topological polar surface area (TPSA) is 3.24 Å². The number of hydrogen-bond acceptors (Lipinski definition) is 1. The molecule has 256 valence electrons. The summed E-state index contributed by atoms with van der Waals surface area (Å²) in [5.74, 6) is 0. The molecule has 0 aliphatic heterocycles. The van der Waals surface area contributed by atoms with Gasteiger partial charge < -0.3 is 4.90 Å². The van der Waals surface area contributed by atoms with E-state index < -0.39 is 0 Å². The lowest BCUT2D eigenvalue weighted by molar-refractivity contribution is 0.332. The van der Waals surface area contributed by atoms with Crippen molar-refractivity contribution >= 4 is 27.8 Å². The molecule has 7 aromatic rings. The number of benzene rings is 7. The molecule has 0 bridgehead atoms. The minimum Gasteiger partial charge on any atom is -0.310 e. The molecule has 0 fully saturated rings. The fourth-order valence-electron chi connectivity index (χ4n) is 9.08. The molecule has 0 atom stereocenters. The summed E-state index contributed by atoms with van der Waals surface area (Å²) >= 11 is 0. The maximum atomic E-state index is 2.48. The second-order valence-corrected chi connectivity index (χ2v) is 16.9. The number of nitrogens with zero attached hydrogens (tertiary/aromatic N) is 1. The van der Waals surface area contributed by atoms with E-state index in [0.29, 0.717) is 0 Å². The van der Waals surface area contributed by atoms with Gasteiger partial charge in [-0.15, -0.1) is 0 Å². The van der Waals surface area contributed by atoms with Crippen LogP contribution in [0.3, 0.4) is 0 Å². The molecule has 0 N–H and O–H groups in total. The zero-order valence-electron chi connectivity index (χ0n) is 31.3. The molecule has 2 aliphatic carbocycles. The molecule has 2 aliphatic rings. The Bertz CT molecular complexity index is 2480. The quantitative estimate of drug-likeness (QED) is 0.176. The fraction of sp³-hybridized carbons (Fsp3) is 0.216. The number of para-hydroxylation sites is 1. The van der Waals surface area contributed by atoms with Crippen LogP contribution in [0.25, 0.3) is 44.2 Å². The summed E-state index contributed by atoms with van der Waals surface area (Å²) in [5.41, 5.74) is 17.2. The molecular formula is C51H47N. The van der Waals surface area contributed by atoms with E-state index in [1.54, 1.807) is 0 Å². The van der Waals surface area contributed by atoms with Crippen molar-refractivity contribution in [3.63, 3.8) is 0 Å². The Hall–Kier alpha value is -5.40. The third kappa shape index (κ3) is 5.21. The zero-order valence-corrected chi connectivity index (χ0v) is 31.3. The zero-order chi connectivity index (χ0) is 35.8. The first-order chi connectivity index (χ1) is 25.0. The smallest absolute Gasteiger partial charge is 0.0543 e. The van der Waals surface area contributed by atoms with Crippen molar-refractivity contribution in [3.05, 3.63) is 174 Å². The highest BCUT2D eigenvalue weighted by Crippen LogP contribution is 2.54. The van der Waals surface area contributed by atoms with Crippen molar-refractivity contribution in [2.75, 3.05) is 4.90 Å². The van der Waals surface area contributed by atoms with Crippen LogP contribution in [0.15, 0.2) is 152 Å². The number of rotatable bonds is 5. The Balaban J connectivity index is 1.24. The maximum absolute atomic E-state index is 2.48. The Kier molecular flexibility index (Phi) is 7.39. The lowest BCUT2D eigenvalue weighted by Gasteiger charge is -2.42. The van der Waals surface area contributed by atoms with E-state index in [0.717, 1.165) is 11.4 Å². The first-order valence-electron chi connectivity index (χ1n) is 18.9. The van der Waals surface area contributed by atoms with Gasteiger partial charge in [0.05, 0.1) is 5.69 Å². The molecule has 9 rings (SSSR count). The van der Waals surface area contributed by atoms with E-state index in [9.17, 15) is 0 Å². The van der Waals surface area contributed by atoms with Gasteiger partial charge in [-0.1, -0.05) is 157 Å². The number of hydrogen-bond donors (Lipinski definition) is 0. The van der Waals surface area contributed by atoms with Crippen molar-refractivity contribution in [1.29, 1.82) is 0 Å². The van der Waals surface area contributed by atoms with Crippen molar-refractivity contribution < 1.29 is 0 Å². The first kappa shape index (κ1) is 32.5. The fourth-order valence-corrected chi connectivity index (χ4v) is 9.08. The minimum atomic E-state index is -0.121. The molecule has 1 heteroatoms. The lowest BCUT2D eigenvalue weighted by atomic mass is 9.63. The van der Waals surface area contributed by atoms with Crippen LogP contribution in [0.2, 0.25) is 0 Å². The monoisotopic (exact) mass is 673 g/mol. The Morgan fingerprint density at radius 3 is 1.79 bits per heavy atom. The molecule has 0 heterocycles. The van der Waals surface area contributed by atoms with Gasteiger partial charge in [0.1, 0.15) is 0 Å². The molecule has 0 amide bonds. The molecule has 0 spiro atoms. The third-order valence-corrected chi connectivity index (χ3v) is 12.3. The van der Waals surface area contributed by atoms with Crippen molar-refractivity contribution in [3.8, 4) is 33.4 Å². The Labute approximate surface area is 309 Å². The van der Waals surface area contributed by atoms with Crippen LogP contribution in [0.4, 0.5) is 17.1 Å². The summed E-state index contributed by atoms with van der Waals surface area (Å²) in [7, 11) is 0. The summed E-state index contributed by atoms with van der Waals surface area (Å²) in [6.07, 6.45) is 2.44. The van der Waals surface area contributed by atoms with Crippen molar-refractivity contribution in [1.82, 2.24) is 0 Å². The van der Waals surface area contributed by atoms with Gasteiger partial charge in [0.2, 0.25) is 0 Å². The maximum Gasteiger partial charge on any atom is 0.0543 e. The lowest BCUT2D eigenvalue weighted by Crippen LogP contribution is -2.33. The molecule has 7 aromatic carbocycles. The van der Waals surface area contributed by atoms with Crippen LogP contribution in [0, 0.1) is 0 Å². The highest BCUT2D eigenvalue weighted by Gasteiger charge is 2.38. The third-order valence-electron chi connectivity index (χ3n) is 12.3. The average molecular weight is 674 g/mol. The number of fused-ring (bicyclic) bond motifs is 5. The second-order valence-electron chi connectivity index (χ2n) is 16.9. The van der Waals surface area contributed by atoms with E-state index in [1.807, 2.05) is 0 Å². The summed E-state index contributed by atoms with van der Waals surface area (Å²) in [5, 5.41) is 2.48. The van der Waals surface area contributed by atoms with Crippen LogP contribution in [0.5, 0.6) is 0 Å². The molecule has 0 unspecified atom stereocenters. The van der Waals surface area contributed by atoms with E-state index in [1.165, 1.54) is 84.9 Å². The van der Waals surface area contributed by atoms with Crippen LogP contribution < -0.4 is 4.90 Å². The van der Waals surface area contributed by atoms with Crippen LogP contribution in [-0.2, 0) is 16.2 Å². The minimum absolute atomic E-state index is 0.121. The Morgan fingerprint density at radius 1 is 0.385 bits per heavy atom. The van der Waals surface area contributed by atoms with Gasteiger partial charge >= 0.3 is 0 Å². The predicted molar refractivity (Wildman–Crippen MR) is 222 cm³/mol. The standard InChI is InChI=1S/C51H47N/c1-49(2)28-29-50(3,4)47-31-38(25-27-45(47)49)35-20-22-36(23-21-35)42-32-43-41-18-12-13-19-44(41)51(5,6)46(43)33-48(42)52(39-16-8-7-9-17-39)40-26-24-34-14-10-11-15-37(34)30-40/h7-27,30-33H,28-29H2,1-6H3. The van der Waals surface area contributed by atoms with Gasteiger partial charge in [0, 0.05) is 22.4 Å². The summed E-state index contributed by atoms with van der Waals surface area (Å²) in [4.78, 5) is 2.46. The highest BCUT2D eigenvalue weighted by molar-refractivity contribution is 5.96. The molecule has 1 nitrogen and oxygen atoms in total. The molecule has 52 heavy (non-hydrogen) atoms. The van der Waals surface area contributed by atoms with Gasteiger partial charge in [-0.05, 0) is 121 Å². The molecule has 0 radical (unpaired) electrons. The first-order valence-corrected chi connectivity index (χ1v) is 18.9. The normalized spacial score (nSPS) is 16.2. The van der Waals surface area contributed by atoms with Gasteiger partial charge in [-0.2, -0.15) is 0 Å². The van der Waals surface area contributed by atoms with E-state index >= 15 is 0 Å². The molecule has 0 aromatic heterocycles. The van der Waals surface area contributed by atoms with E-state index in [-0.39, 0.29) is 16.2 Å². The second kappa shape index (κ2) is 11.8. The SMILES string of the molecule is CC1(C)CCC(C)(C)c2cc(-c3ccc(-c4cc5c(cc4N(c4ccccc4)c4ccc6ccccc6c4)C(C)(C)c4ccccc4-5)cc3)ccc21. The summed E-state index contributed by atoms with van der Waals surface area (Å²) in [6, 6.07) is 56.8. The van der Waals surface area contributed by atoms with Gasteiger partial charge in [0.15, 0.2) is 0 Å². The van der Waals surface area contributed by atoms with Gasteiger partial charge in [-0.25, -0.2) is 0 Å². The molecule has 0 saturated heterocycles. The summed E-state index contributed by atoms with van der Waals surface area (Å²) in [6.45, 7) is 14.4. The van der Waals surface area contributed by atoms with E-state index in [2.05, 4.69) is 198 Å². The highest BCUT2D eigenvalue weighted by atomic mass is 15.1. The van der Waals surface area contributed by atoms with Crippen molar-refractivity contribution in [2.45, 2.75) is 70.6 Å². The average Bonchev–Trinajstić information content (AvgIpc) is 3.39. The van der Waals surface area contributed by atoms with E-state index in [4.69, 9.17) is 0 Å². The van der Waals surface area contributed by atoms with Gasteiger partial charge in [0.25, 0.3) is 0 Å². The largest absolute Gasteiger partial charge is 0.310 e.